The van der Waals surface area contributed by atoms with Gasteiger partial charge in [-0.1, -0.05) is 0 Å². The molecular weight excluding hydrogens is 437 g/mol. The maximum absolute atomic E-state index is 13.8. The van der Waals surface area contributed by atoms with Crippen LogP contribution in [0.4, 0.5) is 22.0 Å². The quantitative estimate of drug-likeness (QED) is 0.539. The topological polar surface area (TPSA) is 96.5 Å². The molecule has 11 heteroatoms. The summed E-state index contributed by atoms with van der Waals surface area (Å²) in [5.74, 6) is -1.65. The second-order valence-electron chi connectivity index (χ2n) is 7.27. The Hall–Kier alpha value is -3.08. The van der Waals surface area contributed by atoms with Crippen molar-refractivity contribution < 1.29 is 36.6 Å². The minimum atomic E-state index is -4.55. The number of carbonyl (C=O) groups is 2. The lowest BCUT2D eigenvalue weighted by Crippen LogP contribution is -2.44. The summed E-state index contributed by atoms with van der Waals surface area (Å²) in [6, 6.07) is 4.35. The molecule has 1 aromatic heterocycles. The van der Waals surface area contributed by atoms with E-state index in [2.05, 4.69) is 4.98 Å². The van der Waals surface area contributed by atoms with Gasteiger partial charge < -0.3 is 15.7 Å². The number of aromatic nitrogens is 1. The smallest absolute Gasteiger partial charge is 0.416 e. The fraction of sp³-hybridized carbons (Fsp3) is 0.381. The summed E-state index contributed by atoms with van der Waals surface area (Å²) in [6.07, 6.45) is -2.39. The maximum Gasteiger partial charge on any atom is 0.416 e. The molecule has 2 heterocycles. The molecule has 0 aliphatic carbocycles. The van der Waals surface area contributed by atoms with Gasteiger partial charge in [0.05, 0.1) is 5.56 Å². The van der Waals surface area contributed by atoms with Crippen LogP contribution in [0.3, 0.4) is 0 Å². The van der Waals surface area contributed by atoms with Crippen LogP contribution in [0.5, 0.6) is 0 Å². The lowest BCUT2D eigenvalue weighted by atomic mass is 9.86. The first-order valence-corrected chi connectivity index (χ1v) is 9.66. The maximum atomic E-state index is 13.8. The van der Waals surface area contributed by atoms with E-state index in [1.165, 1.54) is 4.90 Å². The molecule has 6 nitrogen and oxygen atoms in total. The van der Waals surface area contributed by atoms with Gasteiger partial charge in [0.1, 0.15) is 17.3 Å². The van der Waals surface area contributed by atoms with Crippen molar-refractivity contribution in [1.82, 2.24) is 9.88 Å². The minimum Gasteiger partial charge on any atom is -0.483 e. The Morgan fingerprint density at radius 1 is 1.22 bits per heavy atom. The van der Waals surface area contributed by atoms with Crippen molar-refractivity contribution in [3.8, 4) is 0 Å². The van der Waals surface area contributed by atoms with Crippen LogP contribution in [0, 0.1) is 17.6 Å². The molecule has 1 aliphatic rings. The first kappa shape index (κ1) is 25.2. The zero-order chi connectivity index (χ0) is 23.9. The van der Waals surface area contributed by atoms with E-state index in [-0.39, 0.29) is 30.1 Å². The standard InChI is InChI=1S/C20H20F5N3O.CH2O2/c21-15-1-2-16(22)13(9-15)10-17(26)12-4-7-28(8-5-12)19(29)18-11-14(3-6-27-18)20(23,24)25;2-1-3/h1-3,6,9,11-12,17H,4-5,7-8,10,26H2;1H,(H,2,3). The number of amides is 1. The van der Waals surface area contributed by atoms with Crippen LogP contribution in [0.2, 0.25) is 0 Å². The number of benzene rings is 1. The summed E-state index contributed by atoms with van der Waals surface area (Å²) in [6.45, 7) is 0.363. The molecule has 0 spiro atoms. The van der Waals surface area contributed by atoms with E-state index in [9.17, 15) is 26.7 Å². The Labute approximate surface area is 180 Å². The Balaban J connectivity index is 0.00000114. The van der Waals surface area contributed by atoms with Crippen molar-refractivity contribution in [2.45, 2.75) is 31.5 Å². The van der Waals surface area contributed by atoms with Crippen molar-refractivity contribution in [3.05, 3.63) is 65.0 Å². The van der Waals surface area contributed by atoms with E-state index < -0.39 is 35.3 Å². The summed E-state index contributed by atoms with van der Waals surface area (Å²) >= 11 is 0. The minimum absolute atomic E-state index is 0.0174. The monoisotopic (exact) mass is 459 g/mol. The van der Waals surface area contributed by atoms with Crippen molar-refractivity contribution in [2.75, 3.05) is 13.1 Å². The number of rotatable bonds is 4. The average Bonchev–Trinajstić information content (AvgIpc) is 2.76. The number of pyridine rings is 1. The summed E-state index contributed by atoms with van der Waals surface area (Å²) < 4.78 is 65.6. The molecule has 32 heavy (non-hydrogen) atoms. The molecule has 0 radical (unpaired) electrons. The third-order valence-corrected chi connectivity index (χ3v) is 5.20. The van der Waals surface area contributed by atoms with Crippen LogP contribution in [0.25, 0.3) is 0 Å². The van der Waals surface area contributed by atoms with Gasteiger partial charge in [-0.05, 0) is 61.1 Å². The van der Waals surface area contributed by atoms with Gasteiger partial charge in [-0.3, -0.25) is 14.6 Å². The number of piperidine rings is 1. The van der Waals surface area contributed by atoms with Gasteiger partial charge in [-0.15, -0.1) is 0 Å². The molecule has 0 bridgehead atoms. The summed E-state index contributed by atoms with van der Waals surface area (Å²) in [4.78, 5) is 26.1. The number of hydrogen-bond acceptors (Lipinski definition) is 4. The molecule has 1 atom stereocenters. The molecule has 1 fully saturated rings. The number of likely N-dealkylation sites (tertiary alicyclic amines) is 1. The van der Waals surface area contributed by atoms with E-state index in [1.54, 1.807) is 0 Å². The predicted molar refractivity (Wildman–Crippen MR) is 105 cm³/mol. The zero-order valence-corrected chi connectivity index (χ0v) is 16.9. The van der Waals surface area contributed by atoms with Gasteiger partial charge in [-0.2, -0.15) is 13.2 Å². The molecule has 174 valence electrons. The molecule has 1 saturated heterocycles. The predicted octanol–water partition coefficient (Wildman–Crippen LogP) is 3.50. The molecule has 2 aromatic rings. The van der Waals surface area contributed by atoms with E-state index >= 15 is 0 Å². The zero-order valence-electron chi connectivity index (χ0n) is 16.9. The SMILES string of the molecule is NC(Cc1cc(F)ccc1F)C1CCN(C(=O)c2cc(C(F)(F)F)ccn2)CC1.O=CO. The summed E-state index contributed by atoms with van der Waals surface area (Å²) in [5.41, 5.74) is 5.18. The van der Waals surface area contributed by atoms with Crippen molar-refractivity contribution in [1.29, 1.82) is 0 Å². The normalized spacial score (nSPS) is 15.5. The highest BCUT2D eigenvalue weighted by molar-refractivity contribution is 5.92. The van der Waals surface area contributed by atoms with Crippen LogP contribution in [-0.4, -0.2) is 46.5 Å². The van der Waals surface area contributed by atoms with Crippen molar-refractivity contribution >= 4 is 12.4 Å². The molecule has 1 aromatic carbocycles. The van der Waals surface area contributed by atoms with Crippen molar-refractivity contribution in [2.24, 2.45) is 11.7 Å². The van der Waals surface area contributed by atoms with E-state index in [1.807, 2.05) is 0 Å². The Bertz CT molecular complexity index is 931. The third kappa shape index (κ3) is 6.71. The molecular formula is C21H22F5N3O3. The van der Waals surface area contributed by atoms with Crippen molar-refractivity contribution in [3.63, 3.8) is 0 Å². The van der Waals surface area contributed by atoms with Gasteiger partial charge >= 0.3 is 6.18 Å². The number of nitrogens with zero attached hydrogens (tertiary/aromatic N) is 2. The van der Waals surface area contributed by atoms with Crippen LogP contribution in [-0.2, 0) is 17.4 Å². The molecule has 1 amide bonds. The van der Waals surface area contributed by atoms with Gasteiger partial charge in [0.25, 0.3) is 12.4 Å². The van der Waals surface area contributed by atoms with E-state index in [0.717, 1.165) is 36.5 Å². The number of halogens is 5. The Kier molecular flexibility index (Phi) is 8.64. The van der Waals surface area contributed by atoms with Crippen LogP contribution in [0.1, 0.15) is 34.5 Å². The number of carbonyl (C=O) groups excluding carboxylic acids is 1. The molecule has 0 saturated carbocycles. The second-order valence-corrected chi connectivity index (χ2v) is 7.27. The fourth-order valence-electron chi connectivity index (χ4n) is 3.54. The van der Waals surface area contributed by atoms with Gasteiger partial charge in [0.2, 0.25) is 0 Å². The second kappa shape index (κ2) is 11.0. The molecule has 3 N–H and O–H groups in total. The third-order valence-electron chi connectivity index (χ3n) is 5.20. The number of alkyl halides is 3. The van der Waals surface area contributed by atoms with Gasteiger partial charge in [0, 0.05) is 25.3 Å². The van der Waals surface area contributed by atoms with Crippen LogP contribution < -0.4 is 5.73 Å². The Morgan fingerprint density at radius 3 is 2.44 bits per heavy atom. The number of carboxylic acid groups (broad SMARTS) is 1. The highest BCUT2D eigenvalue weighted by atomic mass is 19.4. The molecule has 1 aliphatic heterocycles. The lowest BCUT2D eigenvalue weighted by molar-refractivity contribution is -0.137. The average molecular weight is 459 g/mol. The highest BCUT2D eigenvalue weighted by Crippen LogP contribution is 2.30. The van der Waals surface area contributed by atoms with Crippen LogP contribution in [0.15, 0.2) is 36.5 Å². The summed E-state index contributed by atoms with van der Waals surface area (Å²) in [7, 11) is 0. The number of nitrogens with two attached hydrogens (primary N) is 1. The largest absolute Gasteiger partial charge is 0.483 e. The lowest BCUT2D eigenvalue weighted by Gasteiger charge is -2.34. The van der Waals surface area contributed by atoms with Gasteiger partial charge in [-0.25, -0.2) is 8.78 Å². The summed E-state index contributed by atoms with van der Waals surface area (Å²) in [5, 5.41) is 6.89. The first-order valence-electron chi connectivity index (χ1n) is 9.66. The molecule has 1 unspecified atom stereocenters. The van der Waals surface area contributed by atoms with E-state index in [4.69, 9.17) is 15.6 Å². The van der Waals surface area contributed by atoms with Gasteiger partial charge in [0.15, 0.2) is 0 Å². The highest BCUT2D eigenvalue weighted by Gasteiger charge is 2.33. The Morgan fingerprint density at radius 2 is 1.84 bits per heavy atom. The fourth-order valence-corrected chi connectivity index (χ4v) is 3.54. The first-order chi connectivity index (χ1) is 15.1. The van der Waals surface area contributed by atoms with Crippen LogP contribution >= 0.6 is 0 Å². The number of hydrogen-bond donors (Lipinski definition) is 2. The molecule has 3 rings (SSSR count). The van der Waals surface area contributed by atoms with E-state index in [0.29, 0.717) is 25.9 Å².